The molecule has 0 radical (unpaired) electrons. The maximum absolute atomic E-state index is 13.5. The molecule has 2 N–H and O–H groups in total. The summed E-state index contributed by atoms with van der Waals surface area (Å²) in [6.45, 7) is 1.99. The van der Waals surface area contributed by atoms with Crippen molar-refractivity contribution < 1.29 is 9.18 Å². The number of carbonyl (C=O) groups is 1. The molecule has 0 bridgehead atoms. The number of rotatable bonds is 4. The van der Waals surface area contributed by atoms with E-state index >= 15 is 0 Å². The van der Waals surface area contributed by atoms with Crippen LogP contribution in [0.25, 0.3) is 0 Å². The minimum Gasteiger partial charge on any atom is -0.324 e. The van der Waals surface area contributed by atoms with Crippen LogP contribution < -0.4 is 10.6 Å². The molecule has 0 aromatic heterocycles. The SMILES string of the molecule is O=C(CCC1CCNC1)Nc1cccc(Cl)c1F. The maximum Gasteiger partial charge on any atom is 0.224 e. The third kappa shape index (κ3) is 3.43. The van der Waals surface area contributed by atoms with Crippen LogP contribution in [0.1, 0.15) is 19.3 Å². The highest BCUT2D eigenvalue weighted by molar-refractivity contribution is 6.31. The quantitative estimate of drug-likeness (QED) is 0.883. The molecule has 1 unspecified atom stereocenters. The van der Waals surface area contributed by atoms with E-state index in [9.17, 15) is 9.18 Å². The highest BCUT2D eigenvalue weighted by Gasteiger charge is 2.16. The van der Waals surface area contributed by atoms with Crippen molar-refractivity contribution in [2.75, 3.05) is 18.4 Å². The van der Waals surface area contributed by atoms with Crippen molar-refractivity contribution in [1.29, 1.82) is 0 Å². The third-order valence-electron chi connectivity index (χ3n) is 3.17. The molecule has 1 heterocycles. The highest BCUT2D eigenvalue weighted by Crippen LogP contribution is 2.22. The fraction of sp³-hybridized carbons (Fsp3) is 0.462. The summed E-state index contributed by atoms with van der Waals surface area (Å²) in [4.78, 5) is 11.7. The standard InChI is InChI=1S/C13H16ClFN2O/c14-10-2-1-3-11(13(10)15)17-12(18)5-4-9-6-7-16-8-9/h1-3,9,16H,4-8H2,(H,17,18). The van der Waals surface area contributed by atoms with E-state index < -0.39 is 5.82 Å². The number of benzene rings is 1. The Morgan fingerprint density at radius 2 is 2.39 bits per heavy atom. The fourth-order valence-electron chi connectivity index (χ4n) is 2.11. The molecule has 1 amide bonds. The van der Waals surface area contributed by atoms with Gasteiger partial charge in [0.15, 0.2) is 5.82 Å². The maximum atomic E-state index is 13.5. The summed E-state index contributed by atoms with van der Waals surface area (Å²) >= 11 is 5.64. The molecule has 5 heteroatoms. The van der Waals surface area contributed by atoms with Gasteiger partial charge in [0.05, 0.1) is 10.7 Å². The van der Waals surface area contributed by atoms with Crippen LogP contribution >= 0.6 is 11.6 Å². The molecular weight excluding hydrogens is 255 g/mol. The Labute approximate surface area is 111 Å². The predicted molar refractivity (Wildman–Crippen MR) is 70.3 cm³/mol. The van der Waals surface area contributed by atoms with Gasteiger partial charge in [0.2, 0.25) is 5.91 Å². The molecular formula is C13H16ClFN2O. The Morgan fingerprint density at radius 1 is 1.56 bits per heavy atom. The molecule has 1 aromatic rings. The number of hydrogen-bond acceptors (Lipinski definition) is 2. The van der Waals surface area contributed by atoms with E-state index in [1.807, 2.05) is 0 Å². The van der Waals surface area contributed by atoms with Crippen molar-refractivity contribution in [2.24, 2.45) is 5.92 Å². The van der Waals surface area contributed by atoms with Crippen molar-refractivity contribution >= 4 is 23.2 Å². The zero-order chi connectivity index (χ0) is 13.0. The van der Waals surface area contributed by atoms with Gasteiger partial charge < -0.3 is 10.6 Å². The topological polar surface area (TPSA) is 41.1 Å². The summed E-state index contributed by atoms with van der Waals surface area (Å²) < 4.78 is 13.5. The van der Waals surface area contributed by atoms with Crippen LogP contribution in [0.15, 0.2) is 18.2 Å². The van der Waals surface area contributed by atoms with Crippen molar-refractivity contribution in [2.45, 2.75) is 19.3 Å². The van der Waals surface area contributed by atoms with Gasteiger partial charge in [-0.25, -0.2) is 4.39 Å². The predicted octanol–water partition coefficient (Wildman–Crippen LogP) is 2.81. The van der Waals surface area contributed by atoms with Crippen molar-refractivity contribution in [3.05, 3.63) is 29.0 Å². The molecule has 98 valence electrons. The third-order valence-corrected chi connectivity index (χ3v) is 3.46. The monoisotopic (exact) mass is 270 g/mol. The summed E-state index contributed by atoms with van der Waals surface area (Å²) in [7, 11) is 0. The van der Waals surface area contributed by atoms with E-state index in [4.69, 9.17) is 11.6 Å². The lowest BCUT2D eigenvalue weighted by Crippen LogP contribution is -2.15. The van der Waals surface area contributed by atoms with Crippen LogP contribution in [0.5, 0.6) is 0 Å². The highest BCUT2D eigenvalue weighted by atomic mass is 35.5. The van der Waals surface area contributed by atoms with Gasteiger partial charge in [0.1, 0.15) is 0 Å². The Hall–Kier alpha value is -1.13. The van der Waals surface area contributed by atoms with Gasteiger partial charge in [-0.1, -0.05) is 17.7 Å². The first-order chi connectivity index (χ1) is 8.66. The van der Waals surface area contributed by atoms with E-state index in [0.29, 0.717) is 12.3 Å². The molecule has 1 aliphatic rings. The largest absolute Gasteiger partial charge is 0.324 e. The molecule has 1 saturated heterocycles. The number of carbonyl (C=O) groups excluding carboxylic acids is 1. The smallest absolute Gasteiger partial charge is 0.224 e. The lowest BCUT2D eigenvalue weighted by atomic mass is 10.0. The van der Waals surface area contributed by atoms with Gasteiger partial charge in [0, 0.05) is 6.42 Å². The first-order valence-corrected chi connectivity index (χ1v) is 6.49. The number of halogens is 2. The molecule has 1 aromatic carbocycles. The van der Waals surface area contributed by atoms with Crippen molar-refractivity contribution in [1.82, 2.24) is 5.32 Å². The second-order valence-corrected chi connectivity index (χ2v) is 4.95. The van der Waals surface area contributed by atoms with Crippen LogP contribution in [0.4, 0.5) is 10.1 Å². The normalized spacial score (nSPS) is 18.9. The number of nitrogens with one attached hydrogen (secondary N) is 2. The Kier molecular flexibility index (Phi) is 4.55. The molecule has 1 aliphatic heterocycles. The van der Waals surface area contributed by atoms with Gasteiger partial charge in [0.25, 0.3) is 0 Å². The second kappa shape index (κ2) is 6.16. The van der Waals surface area contributed by atoms with Crippen LogP contribution in [0.3, 0.4) is 0 Å². The van der Waals surface area contributed by atoms with Crippen molar-refractivity contribution in [3.8, 4) is 0 Å². The van der Waals surface area contributed by atoms with Crippen LogP contribution in [-0.4, -0.2) is 19.0 Å². The van der Waals surface area contributed by atoms with E-state index in [-0.39, 0.29) is 16.6 Å². The lowest BCUT2D eigenvalue weighted by molar-refractivity contribution is -0.116. The van der Waals surface area contributed by atoms with Gasteiger partial charge in [-0.05, 0) is 44.0 Å². The van der Waals surface area contributed by atoms with E-state index in [1.165, 1.54) is 12.1 Å². The van der Waals surface area contributed by atoms with Crippen LogP contribution in [0.2, 0.25) is 5.02 Å². The van der Waals surface area contributed by atoms with Crippen LogP contribution in [0, 0.1) is 11.7 Å². The van der Waals surface area contributed by atoms with Gasteiger partial charge in [-0.2, -0.15) is 0 Å². The summed E-state index contributed by atoms with van der Waals surface area (Å²) in [5, 5.41) is 5.83. The average molecular weight is 271 g/mol. The first kappa shape index (κ1) is 13.3. The van der Waals surface area contributed by atoms with E-state index in [2.05, 4.69) is 10.6 Å². The summed E-state index contributed by atoms with van der Waals surface area (Å²) in [6, 6.07) is 4.58. The molecule has 3 nitrogen and oxygen atoms in total. The average Bonchev–Trinajstić information content (AvgIpc) is 2.86. The molecule has 1 atom stereocenters. The first-order valence-electron chi connectivity index (χ1n) is 6.11. The molecule has 1 fully saturated rings. The van der Waals surface area contributed by atoms with E-state index in [0.717, 1.165) is 25.9 Å². The van der Waals surface area contributed by atoms with Crippen LogP contribution in [-0.2, 0) is 4.79 Å². The second-order valence-electron chi connectivity index (χ2n) is 4.55. The number of anilines is 1. The van der Waals surface area contributed by atoms with Gasteiger partial charge >= 0.3 is 0 Å². The number of hydrogen-bond donors (Lipinski definition) is 2. The fourth-order valence-corrected chi connectivity index (χ4v) is 2.28. The Balaban J connectivity index is 1.84. The zero-order valence-electron chi connectivity index (χ0n) is 10.0. The number of amides is 1. The van der Waals surface area contributed by atoms with Gasteiger partial charge in [-0.3, -0.25) is 4.79 Å². The summed E-state index contributed by atoms with van der Waals surface area (Å²) in [5.74, 6) is -0.182. The summed E-state index contributed by atoms with van der Waals surface area (Å²) in [6.07, 6.45) is 2.36. The van der Waals surface area contributed by atoms with E-state index in [1.54, 1.807) is 6.07 Å². The molecule has 2 rings (SSSR count). The Bertz CT molecular complexity index is 433. The minimum absolute atomic E-state index is 0.0211. The van der Waals surface area contributed by atoms with Gasteiger partial charge in [-0.15, -0.1) is 0 Å². The molecule has 0 saturated carbocycles. The minimum atomic E-state index is -0.574. The molecule has 0 aliphatic carbocycles. The lowest BCUT2D eigenvalue weighted by Gasteiger charge is -2.09. The molecule has 0 spiro atoms. The summed E-state index contributed by atoms with van der Waals surface area (Å²) in [5.41, 5.74) is 0.150. The van der Waals surface area contributed by atoms with Crippen molar-refractivity contribution in [3.63, 3.8) is 0 Å². The Morgan fingerprint density at radius 3 is 3.11 bits per heavy atom. The molecule has 18 heavy (non-hydrogen) atoms. The zero-order valence-corrected chi connectivity index (χ0v) is 10.8.